The van der Waals surface area contributed by atoms with Crippen LogP contribution in [0.2, 0.25) is 0 Å². The molecule has 0 aliphatic carbocycles. The van der Waals surface area contributed by atoms with Crippen LogP contribution in [0.5, 0.6) is 0 Å². The van der Waals surface area contributed by atoms with E-state index in [1.165, 1.54) is 0 Å². The summed E-state index contributed by atoms with van der Waals surface area (Å²) in [5.41, 5.74) is 4.78. The summed E-state index contributed by atoms with van der Waals surface area (Å²) in [5, 5.41) is 2.15. The van der Waals surface area contributed by atoms with Gasteiger partial charge in [-0.05, 0) is 26.0 Å². The van der Waals surface area contributed by atoms with Crippen molar-refractivity contribution in [2.45, 2.75) is 19.4 Å². The molecule has 0 aliphatic rings. The number of hydrogen-bond donors (Lipinski definition) is 2. The van der Waals surface area contributed by atoms with Gasteiger partial charge in [0, 0.05) is 11.6 Å². The number of benzene rings is 1. The largest absolute Gasteiger partial charge is 0.447 e. The molecule has 4 nitrogen and oxygen atoms in total. The van der Waals surface area contributed by atoms with Gasteiger partial charge in [0.25, 0.3) is 0 Å². The molecule has 94 valence electrons. The smallest absolute Gasteiger partial charge is 0.411 e. The van der Waals surface area contributed by atoms with Gasteiger partial charge in [0.15, 0.2) is 0 Å². The van der Waals surface area contributed by atoms with Gasteiger partial charge in [-0.1, -0.05) is 0 Å². The maximum atomic E-state index is 13.2. The minimum atomic E-state index is -0.867. The molecular formula is C11H14F2N2O2. The van der Waals surface area contributed by atoms with Crippen molar-refractivity contribution < 1.29 is 18.3 Å². The molecule has 0 spiro atoms. The Bertz CT molecular complexity index is 416. The van der Waals surface area contributed by atoms with Crippen LogP contribution >= 0.6 is 0 Å². The van der Waals surface area contributed by atoms with E-state index in [2.05, 4.69) is 5.32 Å². The summed E-state index contributed by atoms with van der Waals surface area (Å²) in [6.07, 6.45) is -0.839. The van der Waals surface area contributed by atoms with Gasteiger partial charge < -0.3 is 10.5 Å². The number of rotatable bonds is 3. The highest BCUT2D eigenvalue weighted by atomic mass is 19.1. The van der Waals surface area contributed by atoms with Crippen LogP contribution in [0.4, 0.5) is 19.3 Å². The Labute approximate surface area is 97.8 Å². The molecule has 0 atom stereocenters. The lowest BCUT2D eigenvalue weighted by Gasteiger charge is -2.18. The second-order valence-electron chi connectivity index (χ2n) is 4.31. The molecule has 1 aromatic rings. The molecule has 3 N–H and O–H groups in total. The van der Waals surface area contributed by atoms with E-state index >= 15 is 0 Å². The zero-order valence-corrected chi connectivity index (χ0v) is 9.59. The summed E-state index contributed by atoms with van der Waals surface area (Å²) in [5.74, 6) is -1.58. The molecule has 0 saturated heterocycles. The molecule has 0 aromatic heterocycles. The van der Waals surface area contributed by atoms with Gasteiger partial charge in [-0.2, -0.15) is 0 Å². The van der Waals surface area contributed by atoms with E-state index in [-0.39, 0.29) is 12.3 Å². The standard InChI is InChI=1S/C11H14F2N2O2/c1-11(2,14)6-17-10(16)15-9-4-3-7(12)5-8(9)13/h3-5H,6,14H2,1-2H3,(H,15,16). The van der Waals surface area contributed by atoms with Crippen LogP contribution in [0.25, 0.3) is 0 Å². The number of nitrogens with one attached hydrogen (secondary N) is 1. The lowest BCUT2D eigenvalue weighted by Crippen LogP contribution is -2.39. The molecule has 0 fully saturated rings. The van der Waals surface area contributed by atoms with Crippen molar-refractivity contribution >= 4 is 11.8 Å². The predicted molar refractivity (Wildman–Crippen MR) is 59.6 cm³/mol. The normalized spacial score (nSPS) is 11.1. The minimum Gasteiger partial charge on any atom is -0.447 e. The first-order chi connectivity index (χ1) is 7.78. The molecule has 1 amide bonds. The van der Waals surface area contributed by atoms with Gasteiger partial charge in [0.05, 0.1) is 5.69 Å². The summed E-state index contributed by atoms with van der Waals surface area (Å²) in [6, 6.07) is 2.81. The second kappa shape index (κ2) is 5.09. The number of anilines is 1. The molecule has 0 bridgehead atoms. The SMILES string of the molecule is CC(C)(N)COC(=O)Nc1ccc(F)cc1F. The second-order valence-corrected chi connectivity index (χ2v) is 4.31. The number of amides is 1. The van der Waals surface area contributed by atoms with E-state index < -0.39 is 23.3 Å². The minimum absolute atomic E-state index is 0.0123. The molecule has 0 unspecified atom stereocenters. The lowest BCUT2D eigenvalue weighted by molar-refractivity contribution is 0.138. The molecule has 17 heavy (non-hydrogen) atoms. The van der Waals surface area contributed by atoms with Crippen molar-refractivity contribution in [3.63, 3.8) is 0 Å². The Balaban J connectivity index is 2.57. The predicted octanol–water partition coefficient (Wildman–Crippen LogP) is 2.25. The molecule has 0 radical (unpaired) electrons. The van der Waals surface area contributed by atoms with Crippen LogP contribution < -0.4 is 11.1 Å². The van der Waals surface area contributed by atoms with Crippen molar-refractivity contribution in [1.29, 1.82) is 0 Å². The quantitative estimate of drug-likeness (QED) is 0.857. The van der Waals surface area contributed by atoms with Gasteiger partial charge in [-0.25, -0.2) is 13.6 Å². The number of ether oxygens (including phenoxy) is 1. The highest BCUT2D eigenvalue weighted by Crippen LogP contribution is 2.15. The third-order valence-corrected chi connectivity index (χ3v) is 1.74. The van der Waals surface area contributed by atoms with E-state index in [0.29, 0.717) is 6.07 Å². The Morgan fingerprint density at radius 3 is 2.65 bits per heavy atom. The molecule has 0 aliphatic heterocycles. The first kappa shape index (κ1) is 13.4. The highest BCUT2D eigenvalue weighted by Gasteiger charge is 2.15. The van der Waals surface area contributed by atoms with Gasteiger partial charge in [-0.3, -0.25) is 5.32 Å². The topological polar surface area (TPSA) is 64.3 Å². The Morgan fingerprint density at radius 1 is 1.47 bits per heavy atom. The Hall–Kier alpha value is -1.69. The summed E-state index contributed by atoms with van der Waals surface area (Å²) in [4.78, 5) is 11.2. The average molecular weight is 244 g/mol. The Kier molecular flexibility index (Phi) is 4.01. The number of nitrogens with two attached hydrogens (primary N) is 1. The number of carbonyl (C=O) groups is 1. The first-order valence-electron chi connectivity index (χ1n) is 4.96. The van der Waals surface area contributed by atoms with Gasteiger partial charge in [0.1, 0.15) is 18.2 Å². The van der Waals surface area contributed by atoms with Crippen LogP contribution in [-0.2, 0) is 4.74 Å². The van der Waals surface area contributed by atoms with Crippen molar-refractivity contribution in [2.75, 3.05) is 11.9 Å². The van der Waals surface area contributed by atoms with Gasteiger partial charge in [-0.15, -0.1) is 0 Å². The van der Waals surface area contributed by atoms with E-state index in [1.807, 2.05) is 0 Å². The highest BCUT2D eigenvalue weighted by molar-refractivity contribution is 5.84. The maximum absolute atomic E-state index is 13.2. The fraction of sp³-hybridized carbons (Fsp3) is 0.364. The maximum Gasteiger partial charge on any atom is 0.411 e. The molecular weight excluding hydrogens is 230 g/mol. The zero-order chi connectivity index (χ0) is 13.1. The van der Waals surface area contributed by atoms with Crippen LogP contribution in [0.1, 0.15) is 13.8 Å². The van der Waals surface area contributed by atoms with Crippen LogP contribution in [0, 0.1) is 11.6 Å². The monoisotopic (exact) mass is 244 g/mol. The van der Waals surface area contributed by atoms with E-state index in [1.54, 1.807) is 13.8 Å². The van der Waals surface area contributed by atoms with Crippen molar-refractivity contribution in [3.05, 3.63) is 29.8 Å². The van der Waals surface area contributed by atoms with Gasteiger partial charge >= 0.3 is 6.09 Å². The van der Waals surface area contributed by atoms with E-state index in [0.717, 1.165) is 12.1 Å². The lowest BCUT2D eigenvalue weighted by atomic mass is 10.1. The van der Waals surface area contributed by atoms with E-state index in [4.69, 9.17) is 10.5 Å². The van der Waals surface area contributed by atoms with E-state index in [9.17, 15) is 13.6 Å². The summed E-state index contributed by atoms with van der Waals surface area (Å²) >= 11 is 0. The fourth-order valence-corrected chi connectivity index (χ4v) is 0.988. The summed E-state index contributed by atoms with van der Waals surface area (Å²) < 4.78 is 30.5. The number of carbonyl (C=O) groups excluding carboxylic acids is 1. The van der Waals surface area contributed by atoms with Crippen molar-refractivity contribution in [3.8, 4) is 0 Å². The number of halogens is 2. The molecule has 0 saturated carbocycles. The van der Waals surface area contributed by atoms with Crippen LogP contribution in [0.15, 0.2) is 18.2 Å². The van der Waals surface area contributed by atoms with Gasteiger partial charge in [0.2, 0.25) is 0 Å². The van der Waals surface area contributed by atoms with Crippen LogP contribution in [-0.4, -0.2) is 18.2 Å². The molecule has 6 heteroatoms. The first-order valence-corrected chi connectivity index (χ1v) is 4.96. The Morgan fingerprint density at radius 2 is 2.12 bits per heavy atom. The molecule has 1 aromatic carbocycles. The van der Waals surface area contributed by atoms with Crippen molar-refractivity contribution in [1.82, 2.24) is 0 Å². The third-order valence-electron chi connectivity index (χ3n) is 1.74. The molecule has 0 heterocycles. The van der Waals surface area contributed by atoms with Crippen molar-refractivity contribution in [2.24, 2.45) is 5.73 Å². The third kappa shape index (κ3) is 4.78. The summed E-state index contributed by atoms with van der Waals surface area (Å²) in [7, 11) is 0. The average Bonchev–Trinajstić information content (AvgIpc) is 2.18. The fourth-order valence-electron chi connectivity index (χ4n) is 0.988. The zero-order valence-electron chi connectivity index (χ0n) is 9.59. The van der Waals surface area contributed by atoms with Crippen LogP contribution in [0.3, 0.4) is 0 Å². The molecule has 1 rings (SSSR count). The summed E-state index contributed by atoms with van der Waals surface area (Å²) in [6.45, 7) is 3.35. The number of hydrogen-bond acceptors (Lipinski definition) is 3.